The predicted octanol–water partition coefficient (Wildman–Crippen LogP) is 3.10. The standard InChI is InChI=1S/C23H23F2N7O/c24-16-9-17(25)11-18(10-16)32-22(12-20(30-32)15-3-6-26-7-4-15)29-23(33)19-13-28-31-8-2-1-5-27-21(19)14-31/h2,5,8-13,15,26H,1,3-4,6-7,14H2,(H,29,33)/b8-2-,27-5?. The van der Waals surface area contributed by atoms with Crippen LogP contribution in [0.2, 0.25) is 0 Å². The lowest BCUT2D eigenvalue weighted by molar-refractivity contribution is -0.112. The molecule has 0 spiro atoms. The number of amides is 1. The fraction of sp³-hybridized carbons (Fsp3) is 0.304. The molecule has 2 bridgehead atoms. The Morgan fingerprint density at radius 3 is 2.70 bits per heavy atom. The highest BCUT2D eigenvalue weighted by Crippen LogP contribution is 2.29. The van der Waals surface area contributed by atoms with Crippen LogP contribution in [0.5, 0.6) is 0 Å². The summed E-state index contributed by atoms with van der Waals surface area (Å²) in [6.07, 6.45) is 9.41. The van der Waals surface area contributed by atoms with E-state index in [-0.39, 0.29) is 11.6 Å². The second-order valence-corrected chi connectivity index (χ2v) is 8.11. The Labute approximate surface area is 189 Å². The van der Waals surface area contributed by atoms with Gasteiger partial charge in [0.2, 0.25) is 0 Å². The average Bonchev–Trinajstić information content (AvgIpc) is 3.21. The minimum atomic E-state index is -0.720. The van der Waals surface area contributed by atoms with Crippen LogP contribution in [0.15, 0.2) is 57.9 Å². The molecule has 1 fully saturated rings. The number of nitrogens with zero attached hydrogens (tertiary/aromatic N) is 5. The zero-order chi connectivity index (χ0) is 22.8. The number of aliphatic imine (C=N–C) groups is 1. The first-order valence-corrected chi connectivity index (χ1v) is 10.9. The molecular formula is C23H23F2N7O. The topological polar surface area (TPSA) is 86.9 Å². The first kappa shape index (κ1) is 21.2. The molecule has 0 radical (unpaired) electrons. The Bertz CT molecular complexity index is 1170. The second kappa shape index (κ2) is 9.07. The van der Waals surface area contributed by atoms with Gasteiger partial charge in [0, 0.05) is 36.9 Å². The molecule has 3 aliphatic rings. The lowest BCUT2D eigenvalue weighted by Gasteiger charge is -2.21. The molecule has 1 aromatic heterocycles. The van der Waals surface area contributed by atoms with Gasteiger partial charge in [-0.2, -0.15) is 10.2 Å². The fourth-order valence-corrected chi connectivity index (χ4v) is 4.13. The Morgan fingerprint density at radius 1 is 1.12 bits per heavy atom. The minimum absolute atomic E-state index is 0.190. The molecule has 4 heterocycles. The summed E-state index contributed by atoms with van der Waals surface area (Å²) in [5.41, 5.74) is 1.89. The molecule has 170 valence electrons. The molecule has 0 aliphatic carbocycles. The van der Waals surface area contributed by atoms with Crippen LogP contribution < -0.4 is 10.6 Å². The van der Waals surface area contributed by atoms with Gasteiger partial charge < -0.3 is 10.6 Å². The summed E-state index contributed by atoms with van der Waals surface area (Å²) in [5, 5.41) is 16.8. The Hall–Kier alpha value is -3.66. The molecule has 1 saturated heterocycles. The number of fused-ring (bicyclic) bond motifs is 2. The summed E-state index contributed by atoms with van der Waals surface area (Å²) >= 11 is 0. The molecule has 1 amide bonds. The number of allylic oxidation sites excluding steroid dienone is 1. The van der Waals surface area contributed by atoms with E-state index in [0.29, 0.717) is 30.1 Å². The van der Waals surface area contributed by atoms with E-state index in [4.69, 9.17) is 0 Å². The summed E-state index contributed by atoms with van der Waals surface area (Å²) in [5.74, 6) is -1.33. The number of halogens is 2. The summed E-state index contributed by atoms with van der Waals surface area (Å²) in [7, 11) is 0. The lowest BCUT2D eigenvalue weighted by Crippen LogP contribution is -2.27. The molecule has 33 heavy (non-hydrogen) atoms. The molecule has 0 unspecified atom stereocenters. The van der Waals surface area contributed by atoms with E-state index in [0.717, 1.165) is 37.7 Å². The third-order valence-electron chi connectivity index (χ3n) is 5.79. The number of piperidine rings is 1. The summed E-state index contributed by atoms with van der Waals surface area (Å²) < 4.78 is 29.3. The summed E-state index contributed by atoms with van der Waals surface area (Å²) in [6, 6.07) is 4.95. The number of hydrogen-bond donors (Lipinski definition) is 2. The van der Waals surface area contributed by atoms with Gasteiger partial charge in [0.1, 0.15) is 17.5 Å². The van der Waals surface area contributed by atoms with Crippen molar-refractivity contribution in [1.29, 1.82) is 0 Å². The molecule has 0 atom stereocenters. The zero-order valence-corrected chi connectivity index (χ0v) is 17.8. The first-order chi connectivity index (χ1) is 16.1. The number of benzene rings is 1. The lowest BCUT2D eigenvalue weighted by atomic mass is 9.95. The van der Waals surface area contributed by atoms with Crippen LogP contribution in [-0.2, 0) is 4.79 Å². The smallest absolute Gasteiger partial charge is 0.260 e. The third kappa shape index (κ3) is 4.61. The van der Waals surface area contributed by atoms with E-state index in [2.05, 4.69) is 25.8 Å². The summed E-state index contributed by atoms with van der Waals surface area (Å²) in [6.45, 7) is 2.11. The minimum Gasteiger partial charge on any atom is -0.317 e. The predicted molar refractivity (Wildman–Crippen MR) is 121 cm³/mol. The second-order valence-electron chi connectivity index (χ2n) is 8.11. The molecule has 5 rings (SSSR count). The molecule has 0 saturated carbocycles. The van der Waals surface area contributed by atoms with Crippen molar-refractivity contribution in [2.75, 3.05) is 25.0 Å². The van der Waals surface area contributed by atoms with Crippen molar-refractivity contribution in [3.63, 3.8) is 0 Å². The van der Waals surface area contributed by atoms with Gasteiger partial charge >= 0.3 is 0 Å². The van der Waals surface area contributed by atoms with Crippen molar-refractivity contribution in [3.05, 3.63) is 65.1 Å². The van der Waals surface area contributed by atoms with Crippen LogP contribution in [0.3, 0.4) is 0 Å². The molecule has 8 nitrogen and oxygen atoms in total. The Balaban J connectivity index is 1.50. The van der Waals surface area contributed by atoms with E-state index in [9.17, 15) is 13.6 Å². The Morgan fingerprint density at radius 2 is 1.91 bits per heavy atom. The van der Waals surface area contributed by atoms with Crippen molar-refractivity contribution in [2.24, 2.45) is 10.1 Å². The SMILES string of the molecule is O=C(Nc1cc(C2CCNCC2)nn1-c1cc(F)cc(F)c1)C1=C2CN(/C=C\CC=N2)N=C1. The van der Waals surface area contributed by atoms with E-state index in [1.54, 1.807) is 17.3 Å². The van der Waals surface area contributed by atoms with Gasteiger partial charge in [0.25, 0.3) is 5.91 Å². The number of rotatable bonds is 4. The van der Waals surface area contributed by atoms with Gasteiger partial charge in [0.15, 0.2) is 0 Å². The normalized spacial score (nSPS) is 19.4. The van der Waals surface area contributed by atoms with Gasteiger partial charge in [-0.05, 0) is 38.1 Å². The average molecular weight is 451 g/mol. The van der Waals surface area contributed by atoms with Gasteiger partial charge in [-0.15, -0.1) is 0 Å². The Kier molecular flexibility index (Phi) is 5.82. The third-order valence-corrected chi connectivity index (χ3v) is 5.79. The van der Waals surface area contributed by atoms with Crippen LogP contribution in [-0.4, -0.2) is 52.8 Å². The highest BCUT2D eigenvalue weighted by atomic mass is 19.1. The molecule has 3 aliphatic heterocycles. The first-order valence-electron chi connectivity index (χ1n) is 10.9. The number of anilines is 1. The van der Waals surface area contributed by atoms with Crippen molar-refractivity contribution in [2.45, 2.75) is 25.2 Å². The number of aromatic nitrogens is 2. The van der Waals surface area contributed by atoms with Crippen LogP contribution >= 0.6 is 0 Å². The maximum absolute atomic E-state index is 13.9. The monoisotopic (exact) mass is 451 g/mol. The van der Waals surface area contributed by atoms with E-state index in [1.807, 2.05) is 12.3 Å². The number of nitrogens with one attached hydrogen (secondary N) is 2. The number of carbonyl (C=O) groups is 1. The van der Waals surface area contributed by atoms with Gasteiger partial charge in [-0.3, -0.25) is 14.8 Å². The van der Waals surface area contributed by atoms with Crippen LogP contribution in [0.4, 0.5) is 14.6 Å². The largest absolute Gasteiger partial charge is 0.317 e. The maximum atomic E-state index is 13.9. The highest BCUT2D eigenvalue weighted by molar-refractivity contribution is 6.18. The number of hydrogen-bond acceptors (Lipinski definition) is 6. The van der Waals surface area contributed by atoms with Crippen LogP contribution in [0.25, 0.3) is 5.69 Å². The van der Waals surface area contributed by atoms with Crippen molar-refractivity contribution >= 4 is 24.2 Å². The number of carbonyl (C=O) groups excluding carboxylic acids is 1. The molecular weight excluding hydrogens is 428 g/mol. The quantitative estimate of drug-likeness (QED) is 0.748. The maximum Gasteiger partial charge on any atom is 0.260 e. The van der Waals surface area contributed by atoms with E-state index >= 15 is 0 Å². The van der Waals surface area contributed by atoms with E-state index in [1.165, 1.54) is 23.0 Å². The molecule has 1 aromatic carbocycles. The zero-order valence-electron chi connectivity index (χ0n) is 17.8. The van der Waals surface area contributed by atoms with Gasteiger partial charge in [-0.25, -0.2) is 13.5 Å². The van der Waals surface area contributed by atoms with Crippen LogP contribution in [0, 0.1) is 11.6 Å². The van der Waals surface area contributed by atoms with Crippen molar-refractivity contribution in [3.8, 4) is 5.69 Å². The van der Waals surface area contributed by atoms with Gasteiger partial charge in [-0.1, -0.05) is 6.08 Å². The van der Waals surface area contributed by atoms with Crippen molar-refractivity contribution in [1.82, 2.24) is 20.1 Å². The van der Waals surface area contributed by atoms with Crippen LogP contribution in [0.1, 0.15) is 30.9 Å². The molecule has 2 aromatic rings. The molecule has 10 heteroatoms. The number of hydrazone groups is 1. The summed E-state index contributed by atoms with van der Waals surface area (Å²) in [4.78, 5) is 17.6. The molecule has 2 N–H and O–H groups in total. The highest BCUT2D eigenvalue weighted by Gasteiger charge is 2.24. The fourth-order valence-electron chi connectivity index (χ4n) is 4.13. The van der Waals surface area contributed by atoms with Crippen molar-refractivity contribution < 1.29 is 13.6 Å². The van der Waals surface area contributed by atoms with Gasteiger partial charge in [0.05, 0.1) is 35.4 Å². The van der Waals surface area contributed by atoms with E-state index < -0.39 is 17.5 Å².